The van der Waals surface area contributed by atoms with E-state index in [1.807, 2.05) is 6.07 Å². The van der Waals surface area contributed by atoms with Gasteiger partial charge in [0.25, 0.3) is 0 Å². The first-order valence-corrected chi connectivity index (χ1v) is 5.55. The van der Waals surface area contributed by atoms with Crippen LogP contribution in [0.4, 0.5) is 0 Å². The predicted molar refractivity (Wildman–Crippen MR) is 62.7 cm³/mol. The van der Waals surface area contributed by atoms with E-state index in [1.165, 1.54) is 16.7 Å². The van der Waals surface area contributed by atoms with Crippen LogP contribution in [0.3, 0.4) is 0 Å². The third-order valence-electron chi connectivity index (χ3n) is 2.66. The van der Waals surface area contributed by atoms with Gasteiger partial charge in [0.15, 0.2) is 0 Å². The van der Waals surface area contributed by atoms with Gasteiger partial charge in [0, 0.05) is 10.0 Å². The molecule has 0 aliphatic heterocycles. The predicted octanol–water partition coefficient (Wildman–Crippen LogP) is 3.81. The van der Waals surface area contributed by atoms with Crippen molar-refractivity contribution in [3.05, 3.63) is 33.8 Å². The maximum Gasteiger partial charge on any atom is 0.123 e. The number of methoxy groups -OCH3 is 1. The first kappa shape index (κ1) is 9.78. The number of ether oxygens (including phenoxy) is 1. The quantitative estimate of drug-likeness (QED) is 0.739. The monoisotopic (exact) mass is 252 g/mol. The Bertz CT molecular complexity index is 394. The molecule has 0 bridgehead atoms. The lowest BCUT2D eigenvalue weighted by atomic mass is 9.91. The summed E-state index contributed by atoms with van der Waals surface area (Å²) in [5.41, 5.74) is 4.02. The number of hydrogen-bond acceptors (Lipinski definition) is 1. The minimum absolute atomic E-state index is 1.00. The maximum absolute atomic E-state index is 5.38. The van der Waals surface area contributed by atoms with Crippen LogP contribution in [0.25, 0.3) is 5.57 Å². The zero-order valence-electron chi connectivity index (χ0n) is 8.43. The molecule has 0 spiro atoms. The van der Waals surface area contributed by atoms with E-state index >= 15 is 0 Å². The highest BCUT2D eigenvalue weighted by atomic mass is 79.9. The topological polar surface area (TPSA) is 9.23 Å². The Labute approximate surface area is 92.9 Å². The molecule has 1 aromatic rings. The molecule has 1 aliphatic rings. The highest BCUT2D eigenvalue weighted by Gasteiger charge is 2.14. The van der Waals surface area contributed by atoms with Crippen LogP contribution in [0.2, 0.25) is 0 Å². The summed E-state index contributed by atoms with van der Waals surface area (Å²) in [6.07, 6.45) is 4.49. The van der Waals surface area contributed by atoms with Gasteiger partial charge < -0.3 is 4.74 Å². The summed E-state index contributed by atoms with van der Waals surface area (Å²) >= 11 is 3.50. The van der Waals surface area contributed by atoms with Crippen molar-refractivity contribution >= 4 is 21.5 Å². The van der Waals surface area contributed by atoms with Crippen LogP contribution in [0.1, 0.15) is 24.5 Å². The van der Waals surface area contributed by atoms with Gasteiger partial charge in [-0.05, 0) is 43.0 Å². The molecule has 0 fully saturated rings. The highest BCUT2D eigenvalue weighted by Crippen LogP contribution is 2.35. The van der Waals surface area contributed by atoms with Gasteiger partial charge in [-0.1, -0.05) is 22.0 Å². The molecule has 0 radical (unpaired) electrons. The van der Waals surface area contributed by atoms with Crippen molar-refractivity contribution in [3.63, 3.8) is 0 Å². The van der Waals surface area contributed by atoms with Crippen molar-refractivity contribution in [2.75, 3.05) is 7.11 Å². The fourth-order valence-electron chi connectivity index (χ4n) is 1.95. The summed E-state index contributed by atoms with van der Waals surface area (Å²) in [6, 6.07) is 4.21. The second-order valence-electron chi connectivity index (χ2n) is 3.56. The molecule has 1 aliphatic carbocycles. The van der Waals surface area contributed by atoms with Crippen LogP contribution in [-0.2, 0) is 6.42 Å². The molecule has 74 valence electrons. The molecule has 2 rings (SSSR count). The van der Waals surface area contributed by atoms with E-state index in [0.717, 1.165) is 23.1 Å². The van der Waals surface area contributed by atoms with Crippen LogP contribution < -0.4 is 4.74 Å². The Hall–Kier alpha value is -0.760. The van der Waals surface area contributed by atoms with Crippen molar-refractivity contribution in [2.24, 2.45) is 0 Å². The van der Waals surface area contributed by atoms with E-state index in [2.05, 4.69) is 35.0 Å². The lowest BCUT2D eigenvalue weighted by molar-refractivity contribution is 0.409. The average Bonchev–Trinajstić information content (AvgIpc) is 2.18. The zero-order valence-corrected chi connectivity index (χ0v) is 10.0. The van der Waals surface area contributed by atoms with Gasteiger partial charge in [-0.2, -0.15) is 0 Å². The Morgan fingerprint density at radius 1 is 1.36 bits per heavy atom. The van der Waals surface area contributed by atoms with Gasteiger partial charge in [-0.25, -0.2) is 0 Å². The van der Waals surface area contributed by atoms with E-state index in [0.29, 0.717) is 0 Å². The van der Waals surface area contributed by atoms with Crippen LogP contribution in [-0.4, -0.2) is 7.11 Å². The van der Waals surface area contributed by atoms with Gasteiger partial charge >= 0.3 is 0 Å². The summed E-state index contributed by atoms with van der Waals surface area (Å²) in [6.45, 7) is 2.16. The first-order valence-electron chi connectivity index (χ1n) is 4.76. The van der Waals surface area contributed by atoms with Gasteiger partial charge in [0.2, 0.25) is 0 Å². The summed E-state index contributed by atoms with van der Waals surface area (Å²) in [7, 11) is 1.73. The Morgan fingerprint density at radius 3 is 2.86 bits per heavy atom. The molecule has 1 aromatic carbocycles. The number of rotatable bonds is 1. The molecule has 0 saturated heterocycles. The van der Waals surface area contributed by atoms with Crippen LogP contribution in [0, 0.1) is 0 Å². The summed E-state index contributed by atoms with van der Waals surface area (Å²) < 4.78 is 6.47. The van der Waals surface area contributed by atoms with Crippen LogP contribution in [0.5, 0.6) is 5.75 Å². The smallest absolute Gasteiger partial charge is 0.123 e. The highest BCUT2D eigenvalue weighted by molar-refractivity contribution is 9.10. The fourth-order valence-corrected chi connectivity index (χ4v) is 2.38. The first-order chi connectivity index (χ1) is 6.72. The second kappa shape index (κ2) is 3.77. The van der Waals surface area contributed by atoms with E-state index in [9.17, 15) is 0 Å². The lowest BCUT2D eigenvalue weighted by Crippen LogP contribution is -2.01. The SMILES string of the molecule is COc1cc(Br)cc2c1CCC=C2C. The standard InChI is InChI=1S/C12H13BrO/c1-8-4-3-5-10-11(8)6-9(13)7-12(10)14-2/h4,6-7H,3,5H2,1-2H3. The van der Waals surface area contributed by atoms with E-state index in [1.54, 1.807) is 7.11 Å². The average molecular weight is 253 g/mol. The molecule has 0 N–H and O–H groups in total. The minimum atomic E-state index is 1.00. The lowest BCUT2D eigenvalue weighted by Gasteiger charge is -2.18. The molecule has 0 heterocycles. The maximum atomic E-state index is 5.38. The molecule has 14 heavy (non-hydrogen) atoms. The molecular formula is C12H13BrO. The third-order valence-corrected chi connectivity index (χ3v) is 3.12. The molecule has 0 atom stereocenters. The van der Waals surface area contributed by atoms with Gasteiger partial charge in [-0.15, -0.1) is 0 Å². The largest absolute Gasteiger partial charge is 0.496 e. The van der Waals surface area contributed by atoms with E-state index in [4.69, 9.17) is 4.74 Å². The molecule has 0 aromatic heterocycles. The molecule has 0 unspecified atom stereocenters. The summed E-state index contributed by atoms with van der Waals surface area (Å²) in [5.74, 6) is 1.00. The van der Waals surface area contributed by atoms with E-state index in [-0.39, 0.29) is 0 Å². The number of hydrogen-bond donors (Lipinski definition) is 0. The number of allylic oxidation sites excluding steroid dienone is 2. The Morgan fingerprint density at radius 2 is 2.14 bits per heavy atom. The molecule has 0 amide bonds. The number of benzene rings is 1. The third kappa shape index (κ3) is 1.59. The normalized spacial score (nSPS) is 14.6. The zero-order chi connectivity index (χ0) is 10.1. The van der Waals surface area contributed by atoms with Crippen molar-refractivity contribution < 1.29 is 4.74 Å². The van der Waals surface area contributed by atoms with Gasteiger partial charge in [0.05, 0.1) is 7.11 Å². The number of fused-ring (bicyclic) bond motifs is 1. The van der Waals surface area contributed by atoms with Gasteiger partial charge in [0.1, 0.15) is 5.75 Å². The van der Waals surface area contributed by atoms with Crippen molar-refractivity contribution in [3.8, 4) is 5.75 Å². The molecule has 2 heteroatoms. The Balaban J connectivity index is 2.63. The van der Waals surface area contributed by atoms with Crippen molar-refractivity contribution in [2.45, 2.75) is 19.8 Å². The molecule has 1 nitrogen and oxygen atoms in total. The molecular weight excluding hydrogens is 240 g/mol. The fraction of sp³-hybridized carbons (Fsp3) is 0.333. The van der Waals surface area contributed by atoms with Crippen molar-refractivity contribution in [1.82, 2.24) is 0 Å². The van der Waals surface area contributed by atoms with Crippen LogP contribution >= 0.6 is 15.9 Å². The minimum Gasteiger partial charge on any atom is -0.496 e. The Kier molecular flexibility index (Phi) is 2.64. The summed E-state index contributed by atoms with van der Waals surface area (Å²) in [4.78, 5) is 0. The van der Waals surface area contributed by atoms with E-state index < -0.39 is 0 Å². The number of halogens is 1. The summed E-state index contributed by atoms with van der Waals surface area (Å²) in [5, 5.41) is 0. The van der Waals surface area contributed by atoms with Gasteiger partial charge in [-0.3, -0.25) is 0 Å². The van der Waals surface area contributed by atoms with Crippen molar-refractivity contribution in [1.29, 1.82) is 0 Å². The van der Waals surface area contributed by atoms with Crippen LogP contribution in [0.15, 0.2) is 22.7 Å². The second-order valence-corrected chi connectivity index (χ2v) is 4.48. The molecule has 0 saturated carbocycles.